The van der Waals surface area contributed by atoms with E-state index in [2.05, 4.69) is 3.17 Å². The summed E-state index contributed by atoms with van der Waals surface area (Å²) in [4.78, 5) is 15.1. The summed E-state index contributed by atoms with van der Waals surface area (Å²) in [5, 5.41) is 8.95. The van der Waals surface area contributed by atoms with E-state index in [1.54, 1.807) is 0 Å². The molecule has 0 N–H and O–H groups in total. The molecule has 0 rings (SSSR count). The molecule has 0 radical (unpaired) electrons. The van der Waals surface area contributed by atoms with Gasteiger partial charge in [-0.05, 0) is 0 Å². The summed E-state index contributed by atoms with van der Waals surface area (Å²) >= 11 is -2.56. The zero-order valence-corrected chi connectivity index (χ0v) is 8.03. The van der Waals surface area contributed by atoms with Crippen molar-refractivity contribution in [1.29, 1.82) is 0 Å². The van der Waals surface area contributed by atoms with Gasteiger partial charge in [-0.1, -0.05) is 0 Å². The monoisotopic (exact) mass is 227 g/mol. The average molecular weight is 226 g/mol. The second kappa shape index (κ2) is 2.52. The molecule has 0 bridgehead atoms. The standard InChI is InChI=1S/3CH3.NO3.Sn/c;;;2-1(3)4;/h3*1H3;;/q;;;-1;+1. The summed E-state index contributed by atoms with van der Waals surface area (Å²) in [6.07, 6.45) is 0. The number of rotatable bonds is 2. The van der Waals surface area contributed by atoms with Crippen LogP contribution in [0.2, 0.25) is 14.8 Å². The summed E-state index contributed by atoms with van der Waals surface area (Å²) in [6, 6.07) is 0. The summed E-state index contributed by atoms with van der Waals surface area (Å²) in [6.45, 7) is 0. The minimum atomic E-state index is -2.56. The van der Waals surface area contributed by atoms with Crippen LogP contribution in [-0.2, 0) is 3.17 Å². The normalized spacial score (nSPS) is 10.9. The molecule has 8 heavy (non-hydrogen) atoms. The topological polar surface area (TPSA) is 52.4 Å². The van der Waals surface area contributed by atoms with Crippen LogP contribution in [0.15, 0.2) is 0 Å². The summed E-state index contributed by atoms with van der Waals surface area (Å²) < 4.78 is 4.37. The second-order valence-electron chi connectivity index (χ2n) is 2.43. The van der Waals surface area contributed by atoms with Gasteiger partial charge in [-0.15, -0.1) is 0 Å². The van der Waals surface area contributed by atoms with Crippen molar-refractivity contribution in [3.05, 3.63) is 10.1 Å². The van der Waals surface area contributed by atoms with E-state index in [0.717, 1.165) is 0 Å². The molecule has 5 heteroatoms. The van der Waals surface area contributed by atoms with Crippen molar-refractivity contribution in [3.63, 3.8) is 0 Å². The van der Waals surface area contributed by atoms with Gasteiger partial charge >= 0.3 is 52.0 Å². The fourth-order valence-corrected chi connectivity index (χ4v) is 1.50. The van der Waals surface area contributed by atoms with Crippen LogP contribution in [0.5, 0.6) is 0 Å². The van der Waals surface area contributed by atoms with Crippen molar-refractivity contribution in [1.82, 2.24) is 0 Å². The Bertz CT molecular complexity index is 97.2. The van der Waals surface area contributed by atoms with E-state index >= 15 is 0 Å². The van der Waals surface area contributed by atoms with Gasteiger partial charge in [-0.3, -0.25) is 0 Å². The van der Waals surface area contributed by atoms with Crippen molar-refractivity contribution in [3.8, 4) is 0 Å². The first kappa shape index (κ1) is 8.00. The molecule has 0 aliphatic rings. The maximum atomic E-state index is 9.65. The predicted octanol–water partition coefficient (Wildman–Crippen LogP) is 1.03. The molecular weight excluding hydrogens is 217 g/mol. The van der Waals surface area contributed by atoms with Gasteiger partial charge in [0.25, 0.3) is 0 Å². The maximum absolute atomic E-state index is 9.65. The fourth-order valence-electron chi connectivity index (χ4n) is 0.224. The van der Waals surface area contributed by atoms with Crippen LogP contribution in [-0.4, -0.2) is 23.9 Å². The molecular formula is C3H9NO3Sn. The van der Waals surface area contributed by atoms with Crippen molar-refractivity contribution in [2.75, 3.05) is 0 Å². The zero-order valence-electron chi connectivity index (χ0n) is 5.17. The van der Waals surface area contributed by atoms with Gasteiger partial charge in [-0.2, -0.15) is 0 Å². The Balaban J connectivity index is 3.55. The molecule has 0 aromatic carbocycles. The van der Waals surface area contributed by atoms with E-state index in [9.17, 15) is 10.1 Å². The molecule has 0 aromatic rings. The summed E-state index contributed by atoms with van der Waals surface area (Å²) in [5.74, 6) is 0. The molecule has 0 heterocycles. The van der Waals surface area contributed by atoms with Crippen LogP contribution in [0.3, 0.4) is 0 Å². The van der Waals surface area contributed by atoms with Gasteiger partial charge in [0.2, 0.25) is 0 Å². The summed E-state index contributed by atoms with van der Waals surface area (Å²) in [7, 11) is 0. The van der Waals surface area contributed by atoms with Gasteiger partial charge in [0.15, 0.2) is 0 Å². The Labute approximate surface area is 52.4 Å². The van der Waals surface area contributed by atoms with Gasteiger partial charge in [0.05, 0.1) is 0 Å². The fraction of sp³-hybridized carbons (Fsp3) is 1.00. The molecule has 0 aliphatic heterocycles. The number of hydrogen-bond acceptors (Lipinski definition) is 3. The van der Waals surface area contributed by atoms with Gasteiger partial charge in [-0.25, -0.2) is 0 Å². The van der Waals surface area contributed by atoms with E-state index in [-0.39, 0.29) is 0 Å². The van der Waals surface area contributed by atoms with E-state index in [0.29, 0.717) is 0 Å². The minimum absolute atomic E-state index is 0.698. The Morgan fingerprint density at radius 3 is 1.88 bits per heavy atom. The summed E-state index contributed by atoms with van der Waals surface area (Å²) in [5.41, 5.74) is 0. The second-order valence-corrected chi connectivity index (χ2v) is 15.0. The molecule has 0 saturated heterocycles. The van der Waals surface area contributed by atoms with E-state index < -0.39 is 23.9 Å². The van der Waals surface area contributed by atoms with Crippen LogP contribution in [0.25, 0.3) is 0 Å². The Morgan fingerprint density at radius 1 is 1.50 bits per heavy atom. The third kappa shape index (κ3) is 6.00. The molecule has 48 valence electrons. The average Bonchev–Trinajstić information content (AvgIpc) is 1.21. The first-order valence-electron chi connectivity index (χ1n) is 2.25. The molecule has 0 unspecified atom stereocenters. The van der Waals surface area contributed by atoms with Crippen molar-refractivity contribution in [2.45, 2.75) is 14.8 Å². The predicted molar refractivity (Wildman–Crippen MR) is 31.4 cm³/mol. The third-order valence-electron chi connectivity index (χ3n) is 0.348. The SMILES string of the molecule is [CH3][Sn]([CH3])([CH3])[O][N+](=O)[O-]. The molecule has 4 nitrogen and oxygen atoms in total. The van der Waals surface area contributed by atoms with Crippen molar-refractivity contribution in [2.24, 2.45) is 0 Å². The van der Waals surface area contributed by atoms with E-state index in [1.165, 1.54) is 0 Å². The first-order valence-corrected chi connectivity index (χ1v) is 12.0. The number of hydrogen-bond donors (Lipinski definition) is 0. The van der Waals surface area contributed by atoms with Crippen LogP contribution >= 0.6 is 0 Å². The van der Waals surface area contributed by atoms with E-state index in [1.807, 2.05) is 14.8 Å². The Hall–Kier alpha value is -0.00130. The molecule has 0 aromatic heterocycles. The Morgan fingerprint density at radius 2 is 1.88 bits per heavy atom. The van der Waals surface area contributed by atoms with Gasteiger partial charge in [0.1, 0.15) is 0 Å². The van der Waals surface area contributed by atoms with Gasteiger partial charge in [0, 0.05) is 0 Å². The molecule has 0 saturated carbocycles. The molecule has 0 amide bonds. The molecule has 0 spiro atoms. The molecule has 0 atom stereocenters. The first-order chi connectivity index (χ1) is 3.42. The van der Waals surface area contributed by atoms with Crippen LogP contribution < -0.4 is 0 Å². The van der Waals surface area contributed by atoms with Crippen LogP contribution in [0.4, 0.5) is 0 Å². The molecule has 0 fully saturated rings. The van der Waals surface area contributed by atoms with Crippen LogP contribution in [0, 0.1) is 10.1 Å². The zero-order chi connectivity index (χ0) is 6.78. The molecule has 0 aliphatic carbocycles. The number of nitrogens with zero attached hydrogens (tertiary/aromatic N) is 1. The van der Waals surface area contributed by atoms with Crippen LogP contribution in [0.1, 0.15) is 0 Å². The third-order valence-corrected chi connectivity index (χ3v) is 2.34. The van der Waals surface area contributed by atoms with Crippen molar-refractivity contribution >= 4 is 18.8 Å². The van der Waals surface area contributed by atoms with Gasteiger partial charge < -0.3 is 0 Å². The quantitative estimate of drug-likeness (QED) is 0.401. The Kier molecular flexibility index (Phi) is 2.52. The van der Waals surface area contributed by atoms with Crippen molar-refractivity contribution < 1.29 is 8.26 Å². The van der Waals surface area contributed by atoms with E-state index in [4.69, 9.17) is 0 Å².